The number of anilines is 1. The molecule has 0 saturated heterocycles. The molecule has 2 N–H and O–H groups in total. The van der Waals surface area contributed by atoms with E-state index in [0.717, 1.165) is 13.2 Å². The van der Waals surface area contributed by atoms with Crippen LogP contribution >= 0.6 is 0 Å². The number of hydrogen-bond donors (Lipinski definition) is 2. The zero-order chi connectivity index (χ0) is 7.68. The predicted molar refractivity (Wildman–Crippen MR) is 46.5 cm³/mol. The third-order valence-corrected chi connectivity index (χ3v) is 1.98. The van der Waals surface area contributed by atoms with E-state index in [0.29, 0.717) is 0 Å². The Morgan fingerprint density at radius 1 is 1.36 bits per heavy atom. The summed E-state index contributed by atoms with van der Waals surface area (Å²) in [6.07, 6.45) is 0. The van der Waals surface area contributed by atoms with Crippen LogP contribution in [0.15, 0.2) is 18.2 Å². The van der Waals surface area contributed by atoms with Crippen molar-refractivity contribution in [2.75, 3.05) is 12.0 Å². The molecule has 11 heavy (non-hydrogen) atoms. The summed E-state index contributed by atoms with van der Waals surface area (Å²) in [5, 5.41) is 6.54. The van der Waals surface area contributed by atoms with Crippen molar-refractivity contribution in [2.24, 2.45) is 0 Å². The van der Waals surface area contributed by atoms with Crippen molar-refractivity contribution in [1.82, 2.24) is 5.32 Å². The van der Waals surface area contributed by atoms with Gasteiger partial charge in [-0.05, 0) is 18.6 Å². The summed E-state index contributed by atoms with van der Waals surface area (Å²) in [7, 11) is 0. The number of rotatable bonds is 0. The lowest BCUT2D eigenvalue weighted by atomic mass is 10.1. The fourth-order valence-electron chi connectivity index (χ4n) is 1.40. The maximum absolute atomic E-state index is 3.28. The summed E-state index contributed by atoms with van der Waals surface area (Å²) < 4.78 is 0. The fraction of sp³-hybridized carbons (Fsp3) is 0.333. The van der Waals surface area contributed by atoms with E-state index in [1.807, 2.05) is 0 Å². The molecule has 1 aliphatic heterocycles. The average Bonchev–Trinajstić information content (AvgIpc) is 2.04. The van der Waals surface area contributed by atoms with Gasteiger partial charge in [0, 0.05) is 12.2 Å². The molecule has 2 rings (SSSR count). The third-order valence-electron chi connectivity index (χ3n) is 1.98. The molecule has 0 saturated carbocycles. The molecule has 2 heteroatoms. The highest BCUT2D eigenvalue weighted by Gasteiger charge is 2.05. The highest BCUT2D eigenvalue weighted by molar-refractivity contribution is 5.53. The Hall–Kier alpha value is -1.02. The molecule has 0 atom stereocenters. The van der Waals surface area contributed by atoms with Gasteiger partial charge in [0.2, 0.25) is 0 Å². The Kier molecular flexibility index (Phi) is 1.55. The first kappa shape index (κ1) is 6.68. The topological polar surface area (TPSA) is 24.1 Å². The van der Waals surface area contributed by atoms with Crippen LogP contribution in [0.5, 0.6) is 0 Å². The monoisotopic (exact) mass is 148 g/mol. The zero-order valence-electron chi connectivity index (χ0n) is 6.65. The Morgan fingerprint density at radius 2 is 2.27 bits per heavy atom. The predicted octanol–water partition coefficient (Wildman–Crippen LogP) is 1.47. The Balaban J connectivity index is 2.43. The van der Waals surface area contributed by atoms with Crippen LogP contribution in [0.25, 0.3) is 0 Å². The maximum atomic E-state index is 3.28. The summed E-state index contributed by atoms with van der Waals surface area (Å²) >= 11 is 0. The zero-order valence-corrected chi connectivity index (χ0v) is 6.65. The summed E-state index contributed by atoms with van der Waals surface area (Å²) in [5.74, 6) is 0. The second-order valence-electron chi connectivity index (χ2n) is 2.94. The quantitative estimate of drug-likeness (QED) is 0.582. The van der Waals surface area contributed by atoms with E-state index in [-0.39, 0.29) is 0 Å². The summed E-state index contributed by atoms with van der Waals surface area (Å²) in [5.41, 5.74) is 3.97. The molecule has 0 spiro atoms. The van der Waals surface area contributed by atoms with E-state index >= 15 is 0 Å². The van der Waals surface area contributed by atoms with Crippen LogP contribution in [-0.4, -0.2) is 6.67 Å². The molecule has 0 amide bonds. The molecular formula is C9H12N2. The van der Waals surface area contributed by atoms with Crippen LogP contribution in [0.1, 0.15) is 11.1 Å². The number of benzene rings is 1. The third kappa shape index (κ3) is 1.21. The lowest BCUT2D eigenvalue weighted by Gasteiger charge is -2.19. The first-order chi connectivity index (χ1) is 5.36. The van der Waals surface area contributed by atoms with Gasteiger partial charge in [-0.1, -0.05) is 17.7 Å². The smallest absolute Gasteiger partial charge is 0.0655 e. The van der Waals surface area contributed by atoms with Crippen LogP contribution in [-0.2, 0) is 6.54 Å². The summed E-state index contributed by atoms with van der Waals surface area (Å²) in [6, 6.07) is 6.50. The molecule has 1 aromatic carbocycles. The van der Waals surface area contributed by atoms with E-state index in [9.17, 15) is 0 Å². The van der Waals surface area contributed by atoms with Gasteiger partial charge in [-0.15, -0.1) is 0 Å². The maximum Gasteiger partial charge on any atom is 0.0655 e. The number of aryl methyl sites for hydroxylation is 1. The molecular weight excluding hydrogens is 136 g/mol. The van der Waals surface area contributed by atoms with Gasteiger partial charge in [0.25, 0.3) is 0 Å². The number of nitrogens with one attached hydrogen (secondary N) is 2. The van der Waals surface area contributed by atoms with E-state index in [1.54, 1.807) is 0 Å². The SMILES string of the molecule is Cc1ccc2c(c1)CNCN2. The molecule has 0 fully saturated rings. The minimum Gasteiger partial charge on any atom is -0.372 e. The van der Waals surface area contributed by atoms with Gasteiger partial charge in [-0.25, -0.2) is 0 Å². The Bertz CT molecular complexity index is 268. The van der Waals surface area contributed by atoms with E-state index < -0.39 is 0 Å². The molecule has 1 heterocycles. The second kappa shape index (κ2) is 2.55. The van der Waals surface area contributed by atoms with Crippen molar-refractivity contribution in [3.8, 4) is 0 Å². The van der Waals surface area contributed by atoms with Gasteiger partial charge >= 0.3 is 0 Å². The first-order valence-electron chi connectivity index (χ1n) is 3.90. The molecule has 1 aromatic rings. The van der Waals surface area contributed by atoms with Crippen molar-refractivity contribution in [2.45, 2.75) is 13.5 Å². The molecule has 0 unspecified atom stereocenters. The minimum absolute atomic E-state index is 0.885. The minimum atomic E-state index is 0.885. The second-order valence-corrected chi connectivity index (χ2v) is 2.94. The van der Waals surface area contributed by atoms with E-state index in [1.165, 1.54) is 16.8 Å². The summed E-state index contributed by atoms with van der Waals surface area (Å²) in [6.45, 7) is 4.00. The van der Waals surface area contributed by atoms with Crippen LogP contribution in [0.2, 0.25) is 0 Å². The highest BCUT2D eigenvalue weighted by atomic mass is 15.1. The molecule has 0 bridgehead atoms. The lowest BCUT2D eigenvalue weighted by molar-refractivity contribution is 0.709. The Labute approximate surface area is 66.6 Å². The molecule has 2 nitrogen and oxygen atoms in total. The molecule has 0 aromatic heterocycles. The van der Waals surface area contributed by atoms with Gasteiger partial charge in [-0.3, -0.25) is 5.32 Å². The molecule has 0 radical (unpaired) electrons. The van der Waals surface area contributed by atoms with E-state index in [2.05, 4.69) is 35.8 Å². The van der Waals surface area contributed by atoms with Gasteiger partial charge in [0.1, 0.15) is 0 Å². The van der Waals surface area contributed by atoms with Crippen LogP contribution in [0.3, 0.4) is 0 Å². The van der Waals surface area contributed by atoms with Crippen molar-refractivity contribution < 1.29 is 0 Å². The van der Waals surface area contributed by atoms with Crippen LogP contribution < -0.4 is 10.6 Å². The lowest BCUT2D eigenvalue weighted by Crippen LogP contribution is -2.27. The molecule has 58 valence electrons. The molecule has 1 aliphatic rings. The van der Waals surface area contributed by atoms with Gasteiger partial charge in [0.05, 0.1) is 6.67 Å². The van der Waals surface area contributed by atoms with Gasteiger partial charge < -0.3 is 5.32 Å². The molecule has 0 aliphatic carbocycles. The highest BCUT2D eigenvalue weighted by Crippen LogP contribution is 2.18. The van der Waals surface area contributed by atoms with Crippen molar-refractivity contribution in [1.29, 1.82) is 0 Å². The fourth-order valence-corrected chi connectivity index (χ4v) is 1.40. The van der Waals surface area contributed by atoms with Gasteiger partial charge in [-0.2, -0.15) is 0 Å². The standard InChI is InChI=1S/C9H12N2/c1-7-2-3-9-8(4-7)5-10-6-11-9/h2-4,10-11H,5-6H2,1H3. The largest absolute Gasteiger partial charge is 0.372 e. The van der Waals surface area contributed by atoms with Crippen molar-refractivity contribution >= 4 is 5.69 Å². The number of fused-ring (bicyclic) bond motifs is 1. The van der Waals surface area contributed by atoms with E-state index in [4.69, 9.17) is 0 Å². The van der Waals surface area contributed by atoms with Crippen LogP contribution in [0.4, 0.5) is 5.69 Å². The first-order valence-corrected chi connectivity index (χ1v) is 3.90. The number of hydrogen-bond acceptors (Lipinski definition) is 2. The average molecular weight is 148 g/mol. The summed E-state index contributed by atoms with van der Waals surface area (Å²) in [4.78, 5) is 0. The van der Waals surface area contributed by atoms with Crippen LogP contribution in [0, 0.1) is 6.92 Å². The normalized spacial score (nSPS) is 15.4. The van der Waals surface area contributed by atoms with Crippen molar-refractivity contribution in [3.63, 3.8) is 0 Å². The Morgan fingerprint density at radius 3 is 3.18 bits per heavy atom. The van der Waals surface area contributed by atoms with Crippen molar-refractivity contribution in [3.05, 3.63) is 29.3 Å². The van der Waals surface area contributed by atoms with Gasteiger partial charge in [0.15, 0.2) is 0 Å².